The maximum absolute atomic E-state index is 12.8. The molecule has 0 atom stereocenters. The van der Waals surface area contributed by atoms with E-state index in [4.69, 9.17) is 0 Å². The van der Waals surface area contributed by atoms with Crippen LogP contribution in [0.5, 0.6) is 0 Å². The highest BCUT2D eigenvalue weighted by atomic mass is 16.2. The molecule has 5 amide bonds. The lowest BCUT2D eigenvalue weighted by atomic mass is 10.2. The first-order valence-corrected chi connectivity index (χ1v) is 9.70. The lowest BCUT2D eigenvalue weighted by Gasteiger charge is -2.24. The summed E-state index contributed by atoms with van der Waals surface area (Å²) in [5.74, 6) is -0.662. The Morgan fingerprint density at radius 3 is 2.28 bits per heavy atom. The van der Waals surface area contributed by atoms with Crippen LogP contribution < -0.4 is 5.32 Å². The standard InChI is InChI=1S/C20H23N5O4/c26-17-12-21-20(29)25(17)14-19(28)23-8-3-7-22(10-11-23)18(27)13-24-9-6-15-4-1-2-5-16(15)24/h1-2,4-6,9H,3,7-8,10-14H2,(H,21,29). The van der Waals surface area contributed by atoms with Gasteiger partial charge in [-0.1, -0.05) is 18.2 Å². The summed E-state index contributed by atoms with van der Waals surface area (Å²) in [6.45, 7) is 1.83. The quantitative estimate of drug-likeness (QED) is 0.749. The van der Waals surface area contributed by atoms with Crippen molar-refractivity contribution in [3.8, 4) is 0 Å². The maximum atomic E-state index is 12.8. The van der Waals surface area contributed by atoms with Crippen LogP contribution in [0.1, 0.15) is 6.42 Å². The minimum absolute atomic E-state index is 0.00903. The van der Waals surface area contributed by atoms with Gasteiger partial charge in [0.05, 0.1) is 6.54 Å². The Morgan fingerprint density at radius 1 is 0.897 bits per heavy atom. The number of hydrogen-bond donors (Lipinski definition) is 1. The number of hydrogen-bond acceptors (Lipinski definition) is 4. The summed E-state index contributed by atoms with van der Waals surface area (Å²) in [6.07, 6.45) is 2.57. The number of nitrogens with zero attached hydrogens (tertiary/aromatic N) is 4. The summed E-state index contributed by atoms with van der Waals surface area (Å²) in [7, 11) is 0. The number of carbonyl (C=O) groups excluding carboxylic acids is 4. The number of nitrogens with one attached hydrogen (secondary N) is 1. The molecule has 0 radical (unpaired) electrons. The van der Waals surface area contributed by atoms with Gasteiger partial charge in [-0.25, -0.2) is 4.79 Å². The number of amides is 5. The van der Waals surface area contributed by atoms with Crippen LogP contribution in [0.2, 0.25) is 0 Å². The maximum Gasteiger partial charge on any atom is 0.325 e. The molecule has 0 aliphatic carbocycles. The van der Waals surface area contributed by atoms with E-state index in [9.17, 15) is 19.2 Å². The number of aromatic nitrogens is 1. The molecule has 0 unspecified atom stereocenters. The highest BCUT2D eigenvalue weighted by Gasteiger charge is 2.32. The first-order chi connectivity index (χ1) is 14.0. The molecule has 0 spiro atoms. The summed E-state index contributed by atoms with van der Waals surface area (Å²) in [6, 6.07) is 9.37. The molecule has 1 aromatic heterocycles. The van der Waals surface area contributed by atoms with Crippen molar-refractivity contribution in [2.75, 3.05) is 39.3 Å². The third-order valence-corrected chi connectivity index (χ3v) is 5.42. The predicted molar refractivity (Wildman–Crippen MR) is 105 cm³/mol. The normalized spacial score (nSPS) is 17.6. The van der Waals surface area contributed by atoms with E-state index in [2.05, 4.69) is 5.32 Å². The Kier molecular flexibility index (Phi) is 5.20. The monoisotopic (exact) mass is 397 g/mol. The van der Waals surface area contributed by atoms with Gasteiger partial charge in [-0.15, -0.1) is 0 Å². The number of urea groups is 1. The Labute approximate surface area is 167 Å². The number of benzene rings is 1. The van der Waals surface area contributed by atoms with E-state index in [1.807, 2.05) is 41.1 Å². The average Bonchev–Trinajstić information content (AvgIpc) is 3.15. The first kappa shape index (κ1) is 19.0. The summed E-state index contributed by atoms with van der Waals surface area (Å²) in [4.78, 5) is 53.0. The smallest absolute Gasteiger partial charge is 0.325 e. The number of fused-ring (bicyclic) bond motifs is 1. The minimum Gasteiger partial charge on any atom is -0.339 e. The number of carbonyl (C=O) groups is 4. The molecular weight excluding hydrogens is 374 g/mol. The molecule has 0 bridgehead atoms. The third kappa shape index (κ3) is 3.94. The average molecular weight is 397 g/mol. The van der Waals surface area contributed by atoms with Crippen molar-refractivity contribution in [3.05, 3.63) is 36.5 Å². The highest BCUT2D eigenvalue weighted by Crippen LogP contribution is 2.15. The van der Waals surface area contributed by atoms with Crippen LogP contribution in [0.25, 0.3) is 10.9 Å². The van der Waals surface area contributed by atoms with E-state index in [0.717, 1.165) is 15.8 Å². The third-order valence-electron chi connectivity index (χ3n) is 5.42. The number of imide groups is 1. The van der Waals surface area contributed by atoms with Crippen molar-refractivity contribution in [3.63, 3.8) is 0 Å². The molecule has 9 nitrogen and oxygen atoms in total. The molecule has 9 heteroatoms. The Morgan fingerprint density at radius 2 is 1.59 bits per heavy atom. The lowest BCUT2D eigenvalue weighted by molar-refractivity contribution is -0.136. The number of para-hydroxylation sites is 1. The zero-order valence-electron chi connectivity index (χ0n) is 16.0. The van der Waals surface area contributed by atoms with E-state index >= 15 is 0 Å². The molecule has 1 aromatic carbocycles. The van der Waals surface area contributed by atoms with Gasteiger partial charge in [-0.2, -0.15) is 0 Å². The molecule has 4 rings (SSSR count). The van der Waals surface area contributed by atoms with Gasteiger partial charge in [0, 0.05) is 37.9 Å². The highest BCUT2D eigenvalue weighted by molar-refractivity contribution is 6.04. The summed E-state index contributed by atoms with van der Waals surface area (Å²) in [5.41, 5.74) is 1.01. The van der Waals surface area contributed by atoms with E-state index in [1.54, 1.807) is 9.80 Å². The van der Waals surface area contributed by atoms with Gasteiger partial charge in [0.25, 0.3) is 5.91 Å². The van der Waals surface area contributed by atoms with Gasteiger partial charge in [-0.3, -0.25) is 19.3 Å². The summed E-state index contributed by atoms with van der Waals surface area (Å²) in [5, 5.41) is 3.50. The van der Waals surface area contributed by atoms with Crippen LogP contribution >= 0.6 is 0 Å². The molecule has 2 aromatic rings. The second-order valence-corrected chi connectivity index (χ2v) is 7.26. The van der Waals surface area contributed by atoms with Crippen LogP contribution in [0.15, 0.2) is 36.5 Å². The molecule has 2 saturated heterocycles. The van der Waals surface area contributed by atoms with Crippen molar-refractivity contribution in [2.45, 2.75) is 13.0 Å². The molecule has 152 valence electrons. The molecule has 2 aliphatic heterocycles. The van der Waals surface area contributed by atoms with Gasteiger partial charge in [0.15, 0.2) is 0 Å². The fraction of sp³-hybridized carbons (Fsp3) is 0.400. The number of rotatable bonds is 4. The lowest BCUT2D eigenvalue weighted by Crippen LogP contribution is -2.44. The van der Waals surface area contributed by atoms with E-state index in [0.29, 0.717) is 32.6 Å². The van der Waals surface area contributed by atoms with E-state index in [1.165, 1.54) is 0 Å². The minimum atomic E-state index is -0.533. The van der Waals surface area contributed by atoms with E-state index in [-0.39, 0.29) is 31.4 Å². The second-order valence-electron chi connectivity index (χ2n) is 7.26. The van der Waals surface area contributed by atoms with Crippen molar-refractivity contribution < 1.29 is 19.2 Å². The molecule has 1 N–H and O–H groups in total. The van der Waals surface area contributed by atoms with Gasteiger partial charge in [0.1, 0.15) is 13.1 Å². The largest absolute Gasteiger partial charge is 0.339 e. The molecule has 2 aliphatic rings. The van der Waals surface area contributed by atoms with Crippen LogP contribution in [0, 0.1) is 0 Å². The summed E-state index contributed by atoms with van der Waals surface area (Å²) < 4.78 is 1.93. The van der Waals surface area contributed by atoms with Gasteiger partial charge in [0.2, 0.25) is 11.8 Å². The van der Waals surface area contributed by atoms with Crippen LogP contribution in [-0.2, 0) is 20.9 Å². The molecule has 0 saturated carbocycles. The fourth-order valence-corrected chi connectivity index (χ4v) is 3.79. The summed E-state index contributed by atoms with van der Waals surface area (Å²) >= 11 is 0. The topological polar surface area (TPSA) is 95.0 Å². The zero-order valence-corrected chi connectivity index (χ0v) is 16.0. The SMILES string of the molecule is O=C(CN1C(=O)CNC1=O)N1CCCN(C(=O)Cn2ccc3ccccc32)CC1. The predicted octanol–water partition coefficient (Wildman–Crippen LogP) is 0.254. The van der Waals surface area contributed by atoms with Crippen molar-refractivity contribution in [1.29, 1.82) is 0 Å². The van der Waals surface area contributed by atoms with Gasteiger partial charge < -0.3 is 19.7 Å². The Bertz CT molecular complexity index is 953. The Hall–Kier alpha value is -3.36. The molecule has 29 heavy (non-hydrogen) atoms. The Balaban J connectivity index is 1.34. The van der Waals surface area contributed by atoms with Crippen molar-refractivity contribution in [1.82, 2.24) is 24.6 Å². The van der Waals surface area contributed by atoms with Crippen LogP contribution in [0.4, 0.5) is 4.79 Å². The molecular formula is C20H23N5O4. The van der Waals surface area contributed by atoms with Gasteiger partial charge in [-0.05, 0) is 23.9 Å². The molecule has 3 heterocycles. The first-order valence-electron chi connectivity index (χ1n) is 9.70. The van der Waals surface area contributed by atoms with Crippen LogP contribution in [-0.4, -0.2) is 82.3 Å². The second kappa shape index (κ2) is 7.94. The zero-order chi connectivity index (χ0) is 20.4. The van der Waals surface area contributed by atoms with Gasteiger partial charge >= 0.3 is 6.03 Å². The molecule has 2 fully saturated rings. The van der Waals surface area contributed by atoms with E-state index < -0.39 is 11.9 Å². The van der Waals surface area contributed by atoms with Crippen molar-refractivity contribution >= 4 is 34.7 Å². The fourth-order valence-electron chi connectivity index (χ4n) is 3.79. The van der Waals surface area contributed by atoms with Crippen LogP contribution in [0.3, 0.4) is 0 Å². The van der Waals surface area contributed by atoms with Crippen molar-refractivity contribution in [2.24, 2.45) is 0 Å².